The Morgan fingerprint density at radius 2 is 2.16 bits per heavy atom. The number of amides is 1. The molecule has 6 heteroatoms. The number of β-amino-alcohol motifs (C(OH)–C–C–N with tert-alkyl or cyclic N) is 1. The molecule has 25 heavy (non-hydrogen) atoms. The molecule has 1 fully saturated rings. The minimum atomic E-state index is -0.651. The average molecular weight is 340 g/mol. The first kappa shape index (κ1) is 15.8. The lowest BCUT2D eigenvalue weighted by molar-refractivity contribution is 0.0686. The van der Waals surface area contributed by atoms with Crippen LogP contribution in [0.2, 0.25) is 0 Å². The van der Waals surface area contributed by atoms with Gasteiger partial charge in [-0.15, -0.1) is 0 Å². The van der Waals surface area contributed by atoms with E-state index >= 15 is 0 Å². The van der Waals surface area contributed by atoms with Crippen LogP contribution in [0, 0.1) is 12.7 Å². The molecule has 4 rings (SSSR count). The Kier molecular flexibility index (Phi) is 3.77. The monoisotopic (exact) mass is 340 g/mol. The van der Waals surface area contributed by atoms with E-state index in [4.69, 9.17) is 4.42 Å². The molecule has 2 atom stereocenters. The third-order valence-corrected chi connectivity index (χ3v) is 4.50. The van der Waals surface area contributed by atoms with Crippen LogP contribution in [0.1, 0.15) is 34.3 Å². The topological polar surface area (TPSA) is 66.6 Å². The zero-order valence-corrected chi connectivity index (χ0v) is 13.6. The van der Waals surface area contributed by atoms with Crippen LogP contribution in [0.25, 0.3) is 11.1 Å². The number of aromatic nitrogens is 1. The Labute approximate surface area is 143 Å². The molecule has 1 amide bonds. The van der Waals surface area contributed by atoms with E-state index in [2.05, 4.69) is 4.98 Å². The molecule has 128 valence electrons. The smallest absolute Gasteiger partial charge is 0.290 e. The molecule has 1 N–H and O–H groups in total. The number of likely N-dealkylation sites (tertiary alicyclic amines) is 1. The molecule has 1 aromatic carbocycles. The van der Waals surface area contributed by atoms with Crippen LogP contribution >= 0.6 is 0 Å². The van der Waals surface area contributed by atoms with E-state index in [9.17, 15) is 14.3 Å². The summed E-state index contributed by atoms with van der Waals surface area (Å²) in [5.41, 5.74) is 2.65. The van der Waals surface area contributed by atoms with E-state index in [1.807, 2.05) is 13.0 Å². The number of carbonyl (C=O) groups is 1. The zero-order chi connectivity index (χ0) is 17.6. The predicted octanol–water partition coefficient (Wildman–Crippen LogP) is 3.22. The predicted molar refractivity (Wildman–Crippen MR) is 89.5 cm³/mol. The number of fused-ring (bicyclic) bond motifs is 1. The van der Waals surface area contributed by atoms with Gasteiger partial charge in [0.15, 0.2) is 11.3 Å². The number of benzene rings is 1. The lowest BCUT2D eigenvalue weighted by atomic mass is 10.0. The number of carbonyl (C=O) groups excluding carboxylic acids is 1. The molecule has 1 aliphatic rings. The lowest BCUT2D eigenvalue weighted by Gasteiger charge is -2.23. The molecule has 1 aliphatic heterocycles. The summed E-state index contributed by atoms with van der Waals surface area (Å²) in [6.07, 6.45) is -0.283. The van der Waals surface area contributed by atoms with Gasteiger partial charge in [-0.25, -0.2) is 9.37 Å². The van der Waals surface area contributed by atoms with Crippen LogP contribution in [-0.4, -0.2) is 33.5 Å². The van der Waals surface area contributed by atoms with Crippen molar-refractivity contribution in [1.82, 2.24) is 9.88 Å². The number of nitrogens with zero attached hydrogens (tertiary/aromatic N) is 2. The van der Waals surface area contributed by atoms with Crippen LogP contribution in [0.5, 0.6) is 0 Å². The molecule has 3 aromatic rings. The van der Waals surface area contributed by atoms with Gasteiger partial charge in [0.05, 0.1) is 12.1 Å². The molecule has 0 spiro atoms. The van der Waals surface area contributed by atoms with E-state index in [1.54, 1.807) is 24.3 Å². The van der Waals surface area contributed by atoms with E-state index < -0.39 is 6.10 Å². The molecular weight excluding hydrogens is 323 g/mol. The molecule has 2 aromatic heterocycles. The first-order valence-electron chi connectivity index (χ1n) is 8.13. The van der Waals surface area contributed by atoms with Crippen LogP contribution in [0.4, 0.5) is 4.39 Å². The van der Waals surface area contributed by atoms with Gasteiger partial charge >= 0.3 is 0 Å². The Morgan fingerprint density at radius 3 is 2.96 bits per heavy atom. The standard InChI is InChI=1S/C19H17FN2O3/c1-11-5-6-17-15(21-11)9-18(25-17)19(24)22-10-14(23)8-16(22)12-3-2-4-13(20)7-12/h2-7,9,14,16,23H,8,10H2,1H3/t14-,16+/m1/s1. The van der Waals surface area contributed by atoms with Crippen molar-refractivity contribution in [3.05, 3.63) is 65.3 Å². The Bertz CT molecular complexity index is 953. The number of pyridine rings is 1. The fourth-order valence-electron chi connectivity index (χ4n) is 3.34. The summed E-state index contributed by atoms with van der Waals surface area (Å²) in [7, 11) is 0. The van der Waals surface area contributed by atoms with E-state index in [1.165, 1.54) is 17.0 Å². The van der Waals surface area contributed by atoms with Crippen molar-refractivity contribution in [2.24, 2.45) is 0 Å². The summed E-state index contributed by atoms with van der Waals surface area (Å²) >= 11 is 0. The summed E-state index contributed by atoms with van der Waals surface area (Å²) in [4.78, 5) is 18.8. The van der Waals surface area contributed by atoms with Gasteiger partial charge in [-0.1, -0.05) is 12.1 Å². The molecule has 1 saturated heterocycles. The van der Waals surface area contributed by atoms with Gasteiger partial charge in [0, 0.05) is 18.3 Å². The van der Waals surface area contributed by atoms with Gasteiger partial charge in [0.1, 0.15) is 11.3 Å². The molecule has 0 radical (unpaired) electrons. The minimum Gasteiger partial charge on any atom is -0.449 e. The van der Waals surface area contributed by atoms with Gasteiger partial charge in [-0.05, 0) is 43.2 Å². The van der Waals surface area contributed by atoms with E-state index in [0.29, 0.717) is 23.1 Å². The molecule has 3 heterocycles. The van der Waals surface area contributed by atoms with Crippen molar-refractivity contribution in [2.45, 2.75) is 25.5 Å². The number of hydrogen-bond donors (Lipinski definition) is 1. The number of aliphatic hydroxyl groups excluding tert-OH is 1. The maximum atomic E-state index is 13.6. The highest BCUT2D eigenvalue weighted by Gasteiger charge is 2.37. The summed E-state index contributed by atoms with van der Waals surface area (Å²) in [5.74, 6) is -0.528. The first-order chi connectivity index (χ1) is 12.0. The highest BCUT2D eigenvalue weighted by molar-refractivity contribution is 5.95. The second-order valence-electron chi connectivity index (χ2n) is 6.36. The quantitative estimate of drug-likeness (QED) is 0.778. The van der Waals surface area contributed by atoms with Gasteiger partial charge in [0.25, 0.3) is 5.91 Å². The molecule has 5 nitrogen and oxygen atoms in total. The van der Waals surface area contributed by atoms with Gasteiger partial charge < -0.3 is 14.4 Å². The van der Waals surface area contributed by atoms with Crippen molar-refractivity contribution in [3.8, 4) is 0 Å². The van der Waals surface area contributed by atoms with Crippen molar-refractivity contribution >= 4 is 17.0 Å². The molecule has 0 aliphatic carbocycles. The van der Waals surface area contributed by atoms with Crippen LogP contribution in [-0.2, 0) is 0 Å². The fourth-order valence-corrected chi connectivity index (χ4v) is 3.34. The van der Waals surface area contributed by atoms with Crippen molar-refractivity contribution < 1.29 is 18.7 Å². The Morgan fingerprint density at radius 1 is 1.32 bits per heavy atom. The molecule has 0 saturated carbocycles. The Hall–Kier alpha value is -2.73. The number of hydrogen-bond acceptors (Lipinski definition) is 4. The maximum Gasteiger partial charge on any atom is 0.290 e. The third kappa shape index (κ3) is 2.89. The van der Waals surface area contributed by atoms with Crippen LogP contribution in [0.3, 0.4) is 0 Å². The summed E-state index contributed by atoms with van der Waals surface area (Å²) in [5, 5.41) is 10.0. The van der Waals surface area contributed by atoms with Crippen molar-refractivity contribution in [3.63, 3.8) is 0 Å². The fraction of sp³-hybridized carbons (Fsp3) is 0.263. The van der Waals surface area contributed by atoms with E-state index in [0.717, 1.165) is 5.69 Å². The Balaban J connectivity index is 1.69. The van der Waals surface area contributed by atoms with Crippen LogP contribution in [0.15, 0.2) is 46.9 Å². The molecule has 0 bridgehead atoms. The number of rotatable bonds is 2. The van der Waals surface area contributed by atoms with Gasteiger partial charge in [0.2, 0.25) is 0 Å². The molecular formula is C19H17FN2O3. The second-order valence-corrected chi connectivity index (χ2v) is 6.36. The first-order valence-corrected chi connectivity index (χ1v) is 8.13. The highest BCUT2D eigenvalue weighted by atomic mass is 19.1. The SMILES string of the molecule is Cc1ccc2oc(C(=O)N3C[C@H](O)C[C@H]3c3cccc(F)c3)cc2n1. The van der Waals surface area contributed by atoms with Crippen molar-refractivity contribution in [2.75, 3.05) is 6.54 Å². The number of furan rings is 1. The number of aliphatic hydroxyl groups is 1. The lowest BCUT2D eigenvalue weighted by Crippen LogP contribution is -2.31. The van der Waals surface area contributed by atoms with Crippen LogP contribution < -0.4 is 0 Å². The summed E-state index contributed by atoms with van der Waals surface area (Å²) in [6, 6.07) is 10.9. The largest absolute Gasteiger partial charge is 0.449 e. The normalized spacial score (nSPS) is 20.4. The second kappa shape index (κ2) is 5.97. The van der Waals surface area contributed by atoms with E-state index in [-0.39, 0.29) is 30.1 Å². The molecule has 0 unspecified atom stereocenters. The zero-order valence-electron chi connectivity index (χ0n) is 13.6. The van der Waals surface area contributed by atoms with Gasteiger partial charge in [-0.3, -0.25) is 4.79 Å². The number of aryl methyl sites for hydroxylation is 1. The summed E-state index contributed by atoms with van der Waals surface area (Å²) < 4.78 is 19.2. The number of halogens is 1. The van der Waals surface area contributed by atoms with Crippen molar-refractivity contribution in [1.29, 1.82) is 0 Å². The third-order valence-electron chi connectivity index (χ3n) is 4.50. The maximum absolute atomic E-state index is 13.6. The summed E-state index contributed by atoms with van der Waals surface area (Å²) in [6.45, 7) is 2.05. The highest BCUT2D eigenvalue weighted by Crippen LogP contribution is 2.34. The average Bonchev–Trinajstić information content (AvgIpc) is 3.17. The van der Waals surface area contributed by atoms with Gasteiger partial charge in [-0.2, -0.15) is 0 Å². The minimum absolute atomic E-state index is 0.170.